The summed E-state index contributed by atoms with van der Waals surface area (Å²) in [4.78, 5) is 12.7. The van der Waals surface area contributed by atoms with Crippen molar-refractivity contribution in [2.45, 2.75) is 23.8 Å². The first kappa shape index (κ1) is 23.2. The molecule has 1 fully saturated rings. The quantitative estimate of drug-likeness (QED) is 0.440. The van der Waals surface area contributed by atoms with Crippen molar-refractivity contribution >= 4 is 49.7 Å². The summed E-state index contributed by atoms with van der Waals surface area (Å²) >= 11 is 9.18. The van der Waals surface area contributed by atoms with E-state index in [9.17, 15) is 13.2 Å². The van der Waals surface area contributed by atoms with Gasteiger partial charge in [0.05, 0.1) is 15.6 Å². The zero-order chi connectivity index (χ0) is 22.4. The number of rotatable bonds is 7. The van der Waals surface area contributed by atoms with E-state index < -0.39 is 22.0 Å². The highest BCUT2D eigenvalue weighted by atomic mass is 79.9. The standard InChI is InChI=1S/C20H18BrClN4O4S/c21-17-12-14(3-8-19(17)30-11-9-23)13-24-25-20(27)18-2-1-10-26(18)31(28,29)16-6-4-15(22)5-7-16/h3-8,12-13,18H,1-2,10-11H2,(H,25,27)/b24-13-/t18-/m1/s1. The van der Waals surface area contributed by atoms with Gasteiger partial charge < -0.3 is 4.74 Å². The number of nitrogens with zero attached hydrogens (tertiary/aromatic N) is 3. The third-order valence-corrected chi connectivity index (χ3v) is 7.36. The van der Waals surface area contributed by atoms with Crippen LogP contribution in [0.2, 0.25) is 5.02 Å². The zero-order valence-corrected chi connectivity index (χ0v) is 19.3. The number of carbonyl (C=O) groups is 1. The lowest BCUT2D eigenvalue weighted by Gasteiger charge is -2.22. The largest absolute Gasteiger partial charge is 0.478 e. The number of nitrogens with one attached hydrogen (secondary N) is 1. The molecule has 0 aromatic heterocycles. The van der Waals surface area contributed by atoms with E-state index in [0.29, 0.717) is 33.6 Å². The molecular weight excluding hydrogens is 508 g/mol. The Labute approximate surface area is 193 Å². The number of halogens is 2. The van der Waals surface area contributed by atoms with Crippen LogP contribution in [0.1, 0.15) is 18.4 Å². The van der Waals surface area contributed by atoms with Crippen LogP contribution in [0.25, 0.3) is 0 Å². The molecule has 0 spiro atoms. The number of benzene rings is 2. The molecular formula is C20H18BrClN4O4S. The fourth-order valence-corrected chi connectivity index (χ4v) is 5.39. The molecule has 1 heterocycles. The van der Waals surface area contributed by atoms with Gasteiger partial charge in [-0.3, -0.25) is 4.79 Å². The van der Waals surface area contributed by atoms with Crippen molar-refractivity contribution in [3.63, 3.8) is 0 Å². The maximum absolute atomic E-state index is 12.9. The third kappa shape index (κ3) is 5.62. The van der Waals surface area contributed by atoms with Crippen LogP contribution in [-0.2, 0) is 14.8 Å². The fraction of sp³-hybridized carbons (Fsp3) is 0.250. The van der Waals surface area contributed by atoms with Gasteiger partial charge in [-0.15, -0.1) is 0 Å². The lowest BCUT2D eigenvalue weighted by Crippen LogP contribution is -2.44. The third-order valence-electron chi connectivity index (χ3n) is 4.56. The second-order valence-electron chi connectivity index (χ2n) is 6.60. The van der Waals surface area contributed by atoms with Crippen LogP contribution in [0, 0.1) is 11.3 Å². The SMILES string of the molecule is N#CCOc1ccc(/C=N\NC(=O)[C@H]2CCCN2S(=O)(=O)c2ccc(Cl)cc2)cc1Br. The molecule has 11 heteroatoms. The van der Waals surface area contributed by atoms with Crippen LogP contribution in [-0.4, -0.2) is 44.0 Å². The molecule has 1 saturated heterocycles. The minimum Gasteiger partial charge on any atom is -0.478 e. The lowest BCUT2D eigenvalue weighted by molar-refractivity contribution is -0.124. The van der Waals surface area contributed by atoms with Gasteiger partial charge in [-0.05, 0) is 76.8 Å². The second kappa shape index (κ2) is 10.2. The molecule has 3 rings (SSSR count). The smallest absolute Gasteiger partial charge is 0.258 e. The van der Waals surface area contributed by atoms with Gasteiger partial charge >= 0.3 is 0 Å². The van der Waals surface area contributed by atoms with E-state index in [4.69, 9.17) is 21.6 Å². The highest BCUT2D eigenvalue weighted by Crippen LogP contribution is 2.27. The topological polar surface area (TPSA) is 112 Å². The van der Waals surface area contributed by atoms with Gasteiger partial charge in [0, 0.05) is 11.6 Å². The number of sulfonamides is 1. The van der Waals surface area contributed by atoms with Crippen LogP contribution in [0.15, 0.2) is 56.9 Å². The van der Waals surface area contributed by atoms with Crippen LogP contribution >= 0.6 is 27.5 Å². The predicted molar refractivity (Wildman–Crippen MR) is 119 cm³/mol. The van der Waals surface area contributed by atoms with Crippen LogP contribution in [0.4, 0.5) is 0 Å². The van der Waals surface area contributed by atoms with Gasteiger partial charge in [0.1, 0.15) is 17.9 Å². The van der Waals surface area contributed by atoms with E-state index in [1.165, 1.54) is 34.8 Å². The van der Waals surface area contributed by atoms with Gasteiger partial charge in [0.2, 0.25) is 10.0 Å². The van der Waals surface area contributed by atoms with Crippen molar-refractivity contribution in [2.24, 2.45) is 5.10 Å². The minimum atomic E-state index is -3.83. The number of hydrogen-bond donors (Lipinski definition) is 1. The number of carbonyl (C=O) groups excluding carboxylic acids is 1. The fourth-order valence-electron chi connectivity index (χ4n) is 3.10. The molecule has 0 radical (unpaired) electrons. The Kier molecular flexibility index (Phi) is 7.67. The first-order valence-corrected chi connectivity index (χ1v) is 11.8. The Bertz CT molecular complexity index is 1130. The van der Waals surface area contributed by atoms with Crippen LogP contribution in [0.3, 0.4) is 0 Å². The number of nitriles is 1. The average molecular weight is 526 g/mol. The molecule has 1 amide bonds. The monoisotopic (exact) mass is 524 g/mol. The summed E-state index contributed by atoms with van der Waals surface area (Å²) in [5, 5.41) is 13.0. The molecule has 1 atom stereocenters. The Morgan fingerprint density at radius 1 is 1.35 bits per heavy atom. The van der Waals surface area contributed by atoms with E-state index in [1.807, 2.05) is 6.07 Å². The molecule has 162 valence electrons. The van der Waals surface area contributed by atoms with Crippen molar-refractivity contribution < 1.29 is 17.9 Å². The summed E-state index contributed by atoms with van der Waals surface area (Å²) in [5.74, 6) is 0.0102. The van der Waals surface area contributed by atoms with Crippen molar-refractivity contribution in [3.8, 4) is 11.8 Å². The molecule has 2 aromatic rings. The second-order valence-corrected chi connectivity index (χ2v) is 9.78. The summed E-state index contributed by atoms with van der Waals surface area (Å²) in [6.07, 6.45) is 2.42. The minimum absolute atomic E-state index is 0.0705. The summed E-state index contributed by atoms with van der Waals surface area (Å²) in [5.41, 5.74) is 3.09. The Morgan fingerprint density at radius 2 is 2.10 bits per heavy atom. The molecule has 31 heavy (non-hydrogen) atoms. The molecule has 8 nitrogen and oxygen atoms in total. The van der Waals surface area contributed by atoms with Gasteiger partial charge in [-0.2, -0.15) is 14.7 Å². The van der Waals surface area contributed by atoms with Crippen molar-refractivity contribution in [1.82, 2.24) is 9.73 Å². The average Bonchev–Trinajstić information content (AvgIpc) is 3.24. The summed E-state index contributed by atoms with van der Waals surface area (Å²) in [6, 6.07) is 12.0. The summed E-state index contributed by atoms with van der Waals surface area (Å²) in [6.45, 7) is 0.183. The van der Waals surface area contributed by atoms with E-state index in [-0.39, 0.29) is 18.0 Å². The van der Waals surface area contributed by atoms with E-state index >= 15 is 0 Å². The van der Waals surface area contributed by atoms with E-state index in [0.717, 1.165) is 0 Å². The Hall–Kier alpha value is -2.45. The van der Waals surface area contributed by atoms with Gasteiger partial charge in [0.25, 0.3) is 5.91 Å². The van der Waals surface area contributed by atoms with Crippen molar-refractivity contribution in [2.75, 3.05) is 13.2 Å². The maximum Gasteiger partial charge on any atom is 0.258 e. The van der Waals surface area contributed by atoms with E-state index in [2.05, 4.69) is 26.5 Å². The molecule has 1 N–H and O–H groups in total. The molecule has 1 aliphatic rings. The number of hydrogen-bond acceptors (Lipinski definition) is 6. The molecule has 2 aromatic carbocycles. The number of ether oxygens (including phenoxy) is 1. The van der Waals surface area contributed by atoms with Gasteiger partial charge in [0.15, 0.2) is 6.61 Å². The zero-order valence-electron chi connectivity index (χ0n) is 16.2. The highest BCUT2D eigenvalue weighted by molar-refractivity contribution is 9.10. The number of amides is 1. The number of hydrazone groups is 1. The van der Waals surface area contributed by atoms with Gasteiger partial charge in [-0.1, -0.05) is 11.6 Å². The van der Waals surface area contributed by atoms with E-state index in [1.54, 1.807) is 18.2 Å². The van der Waals surface area contributed by atoms with Gasteiger partial charge in [-0.25, -0.2) is 13.8 Å². The maximum atomic E-state index is 12.9. The summed E-state index contributed by atoms with van der Waals surface area (Å²) < 4.78 is 32.9. The molecule has 0 bridgehead atoms. The van der Waals surface area contributed by atoms with Crippen molar-refractivity contribution in [3.05, 3.63) is 57.5 Å². The molecule has 1 aliphatic heterocycles. The molecule has 0 unspecified atom stereocenters. The first-order chi connectivity index (χ1) is 14.8. The molecule has 0 saturated carbocycles. The van der Waals surface area contributed by atoms with Crippen LogP contribution in [0.5, 0.6) is 5.75 Å². The Balaban J connectivity index is 1.66. The van der Waals surface area contributed by atoms with Crippen molar-refractivity contribution in [1.29, 1.82) is 5.26 Å². The Morgan fingerprint density at radius 3 is 2.77 bits per heavy atom. The molecule has 0 aliphatic carbocycles. The summed E-state index contributed by atoms with van der Waals surface area (Å²) in [7, 11) is -3.83. The van der Waals surface area contributed by atoms with Crippen LogP contribution < -0.4 is 10.2 Å². The predicted octanol–water partition coefficient (Wildman–Crippen LogP) is 3.31. The highest BCUT2D eigenvalue weighted by Gasteiger charge is 2.39. The first-order valence-electron chi connectivity index (χ1n) is 9.22. The lowest BCUT2D eigenvalue weighted by atomic mass is 10.2. The normalized spacial score (nSPS) is 16.9.